The van der Waals surface area contributed by atoms with Gasteiger partial charge in [0.15, 0.2) is 0 Å². The topological polar surface area (TPSA) is 49.8 Å². The van der Waals surface area contributed by atoms with Gasteiger partial charge in [0.2, 0.25) is 0 Å². The van der Waals surface area contributed by atoms with Crippen molar-refractivity contribution in [1.29, 1.82) is 5.26 Å². The molecule has 0 spiro atoms. The molecule has 0 aliphatic heterocycles. The second-order valence-electron chi connectivity index (χ2n) is 3.83. The summed E-state index contributed by atoms with van der Waals surface area (Å²) in [4.78, 5) is 0. The molecule has 0 aliphatic carbocycles. The van der Waals surface area contributed by atoms with Crippen LogP contribution in [0.25, 0.3) is 0 Å². The molecule has 0 aromatic heterocycles. The van der Waals surface area contributed by atoms with Gasteiger partial charge >= 0.3 is 0 Å². The van der Waals surface area contributed by atoms with Crippen molar-refractivity contribution in [3.63, 3.8) is 0 Å². The maximum Gasteiger partial charge on any atom is 0.0928 e. The maximum absolute atomic E-state index is 8.36. The van der Waals surface area contributed by atoms with Gasteiger partial charge in [-0.1, -0.05) is 20.8 Å². The molecule has 0 radical (unpaired) electrons. The molecule has 0 aromatic carbocycles. The fourth-order valence-corrected chi connectivity index (χ4v) is 0.653. The fourth-order valence-electron chi connectivity index (χ4n) is 0.653. The summed E-state index contributed by atoms with van der Waals surface area (Å²) in [6.07, 6.45) is 1.82. The predicted molar refractivity (Wildman–Crippen MR) is 42.3 cm³/mol. The molecule has 0 bridgehead atoms. The third kappa shape index (κ3) is 5.58. The molecule has 2 heteroatoms. The molecule has 0 amide bonds. The molecule has 2 N–H and O–H groups in total. The molecule has 0 rings (SSSR count). The van der Waals surface area contributed by atoms with E-state index in [1.54, 1.807) is 0 Å². The van der Waals surface area contributed by atoms with Crippen LogP contribution in [0.1, 0.15) is 33.6 Å². The summed E-state index contributed by atoms with van der Waals surface area (Å²) in [7, 11) is 0. The fraction of sp³-hybridized carbons (Fsp3) is 0.875. The Morgan fingerprint density at radius 3 is 2.30 bits per heavy atom. The highest BCUT2D eigenvalue weighted by atomic mass is 14.6. The first-order valence-electron chi connectivity index (χ1n) is 3.61. The van der Waals surface area contributed by atoms with Crippen molar-refractivity contribution in [2.24, 2.45) is 11.1 Å². The van der Waals surface area contributed by atoms with Gasteiger partial charge in [0.1, 0.15) is 0 Å². The van der Waals surface area contributed by atoms with Crippen molar-refractivity contribution >= 4 is 0 Å². The smallest absolute Gasteiger partial charge is 0.0928 e. The van der Waals surface area contributed by atoms with Gasteiger partial charge in [-0.2, -0.15) is 5.26 Å². The summed E-state index contributed by atoms with van der Waals surface area (Å²) < 4.78 is 0. The molecule has 0 fully saturated rings. The van der Waals surface area contributed by atoms with E-state index in [0.717, 1.165) is 12.8 Å². The summed E-state index contributed by atoms with van der Waals surface area (Å²) in [6.45, 7) is 6.45. The van der Waals surface area contributed by atoms with E-state index < -0.39 is 0 Å². The standard InChI is InChI=1S/C8H16N2/c1-8(2,3)5-4-7(10)6-9/h7H,4-5,10H2,1-3H3. The SMILES string of the molecule is CC(C)(C)CCC(N)C#N. The first kappa shape index (κ1) is 9.45. The third-order valence-electron chi connectivity index (χ3n) is 1.37. The summed E-state index contributed by atoms with van der Waals surface area (Å²) in [5, 5.41) is 8.36. The quantitative estimate of drug-likeness (QED) is 0.634. The van der Waals surface area contributed by atoms with Gasteiger partial charge in [0.25, 0.3) is 0 Å². The van der Waals surface area contributed by atoms with Gasteiger partial charge in [-0.15, -0.1) is 0 Å². The lowest BCUT2D eigenvalue weighted by atomic mass is 9.89. The van der Waals surface area contributed by atoms with Crippen LogP contribution in [0.15, 0.2) is 0 Å². The molecule has 0 saturated carbocycles. The molecule has 0 aromatic rings. The summed E-state index contributed by atoms with van der Waals surface area (Å²) in [5.74, 6) is 0. The highest BCUT2D eigenvalue weighted by Gasteiger charge is 2.11. The molecule has 0 aliphatic rings. The van der Waals surface area contributed by atoms with Crippen molar-refractivity contribution in [2.75, 3.05) is 0 Å². The van der Waals surface area contributed by atoms with E-state index in [2.05, 4.69) is 20.8 Å². The van der Waals surface area contributed by atoms with Crippen LogP contribution in [0.5, 0.6) is 0 Å². The van der Waals surface area contributed by atoms with Crippen molar-refractivity contribution in [1.82, 2.24) is 0 Å². The number of nitriles is 1. The van der Waals surface area contributed by atoms with Crippen LogP contribution >= 0.6 is 0 Å². The Morgan fingerprint density at radius 1 is 1.50 bits per heavy atom. The van der Waals surface area contributed by atoms with Crippen LogP contribution in [0.3, 0.4) is 0 Å². The van der Waals surface area contributed by atoms with Crippen LogP contribution in [0, 0.1) is 16.7 Å². The number of nitrogens with two attached hydrogens (primary N) is 1. The largest absolute Gasteiger partial charge is 0.316 e. The van der Waals surface area contributed by atoms with Gasteiger partial charge in [-0.05, 0) is 18.3 Å². The highest BCUT2D eigenvalue weighted by molar-refractivity contribution is 4.86. The van der Waals surface area contributed by atoms with E-state index in [-0.39, 0.29) is 6.04 Å². The average molecular weight is 140 g/mol. The van der Waals surface area contributed by atoms with Crippen molar-refractivity contribution in [3.8, 4) is 6.07 Å². The molecular weight excluding hydrogens is 124 g/mol. The zero-order valence-corrected chi connectivity index (χ0v) is 7.02. The van der Waals surface area contributed by atoms with E-state index in [0.29, 0.717) is 5.41 Å². The molecule has 10 heavy (non-hydrogen) atoms. The molecular formula is C8H16N2. The van der Waals surface area contributed by atoms with Crippen LogP contribution in [-0.2, 0) is 0 Å². The minimum absolute atomic E-state index is 0.278. The van der Waals surface area contributed by atoms with Gasteiger partial charge in [-0.25, -0.2) is 0 Å². The minimum atomic E-state index is -0.278. The molecule has 1 atom stereocenters. The normalized spacial score (nSPS) is 14.3. The first-order chi connectivity index (χ1) is 4.45. The zero-order valence-electron chi connectivity index (χ0n) is 7.02. The van der Waals surface area contributed by atoms with Crippen LogP contribution in [-0.4, -0.2) is 6.04 Å². The summed E-state index contributed by atoms with van der Waals surface area (Å²) >= 11 is 0. The third-order valence-corrected chi connectivity index (χ3v) is 1.37. The van der Waals surface area contributed by atoms with Gasteiger partial charge < -0.3 is 5.73 Å². The maximum atomic E-state index is 8.36. The van der Waals surface area contributed by atoms with E-state index in [9.17, 15) is 0 Å². The lowest BCUT2D eigenvalue weighted by Crippen LogP contribution is -2.19. The Bertz CT molecular complexity index is 127. The summed E-state index contributed by atoms with van der Waals surface area (Å²) in [6, 6.07) is 1.74. The van der Waals surface area contributed by atoms with Gasteiger partial charge in [0.05, 0.1) is 12.1 Å². The predicted octanol–water partition coefficient (Wildman–Crippen LogP) is 1.66. The van der Waals surface area contributed by atoms with E-state index >= 15 is 0 Å². The Balaban J connectivity index is 3.48. The molecule has 2 nitrogen and oxygen atoms in total. The second kappa shape index (κ2) is 3.58. The number of hydrogen-bond donors (Lipinski definition) is 1. The first-order valence-corrected chi connectivity index (χ1v) is 3.61. The van der Waals surface area contributed by atoms with Crippen molar-refractivity contribution in [2.45, 2.75) is 39.7 Å². The Kier molecular flexibility index (Phi) is 3.38. The van der Waals surface area contributed by atoms with Gasteiger partial charge in [0, 0.05) is 0 Å². The Hall–Kier alpha value is -0.550. The van der Waals surface area contributed by atoms with Crippen molar-refractivity contribution < 1.29 is 0 Å². The lowest BCUT2D eigenvalue weighted by Gasteiger charge is -2.17. The van der Waals surface area contributed by atoms with Crippen LogP contribution < -0.4 is 5.73 Å². The van der Waals surface area contributed by atoms with E-state index in [4.69, 9.17) is 11.0 Å². The minimum Gasteiger partial charge on any atom is -0.316 e. The molecule has 0 heterocycles. The lowest BCUT2D eigenvalue weighted by molar-refractivity contribution is 0.359. The van der Waals surface area contributed by atoms with Crippen molar-refractivity contribution in [3.05, 3.63) is 0 Å². The molecule has 0 saturated heterocycles. The monoisotopic (exact) mass is 140 g/mol. The highest BCUT2D eigenvalue weighted by Crippen LogP contribution is 2.20. The van der Waals surface area contributed by atoms with Crippen LogP contribution in [0.4, 0.5) is 0 Å². The Labute approximate surface area is 63.0 Å². The number of rotatable bonds is 2. The van der Waals surface area contributed by atoms with Gasteiger partial charge in [-0.3, -0.25) is 0 Å². The second-order valence-corrected chi connectivity index (χ2v) is 3.83. The Morgan fingerprint density at radius 2 is 2.00 bits per heavy atom. The molecule has 58 valence electrons. The summed E-state index contributed by atoms with van der Waals surface area (Å²) in [5.41, 5.74) is 5.72. The number of hydrogen-bond acceptors (Lipinski definition) is 2. The number of nitrogens with zero attached hydrogens (tertiary/aromatic N) is 1. The molecule has 1 unspecified atom stereocenters. The average Bonchev–Trinajstić information content (AvgIpc) is 1.81. The van der Waals surface area contributed by atoms with E-state index in [1.165, 1.54) is 0 Å². The van der Waals surface area contributed by atoms with E-state index in [1.807, 2.05) is 6.07 Å². The van der Waals surface area contributed by atoms with Crippen LogP contribution in [0.2, 0.25) is 0 Å². The zero-order chi connectivity index (χ0) is 8.20.